The molecule has 1 aliphatic rings. The van der Waals surface area contributed by atoms with Crippen molar-refractivity contribution in [3.05, 3.63) is 34.9 Å². The van der Waals surface area contributed by atoms with Crippen LogP contribution >= 0.6 is 0 Å². The minimum atomic E-state index is 0.0977. The minimum Gasteiger partial charge on any atom is -0.338 e. The molecule has 0 N–H and O–H groups in total. The third kappa shape index (κ3) is 1.85. The Morgan fingerprint density at radius 3 is 2.94 bits per heavy atom. The van der Waals surface area contributed by atoms with Gasteiger partial charge in [0.1, 0.15) is 6.29 Å². The molecule has 1 aromatic carbocycles. The van der Waals surface area contributed by atoms with Crippen LogP contribution in [0.2, 0.25) is 0 Å². The largest absolute Gasteiger partial charge is 0.338 e. The van der Waals surface area contributed by atoms with Gasteiger partial charge in [-0.3, -0.25) is 9.59 Å². The number of rotatable bonds is 3. The maximum Gasteiger partial charge on any atom is 0.254 e. The summed E-state index contributed by atoms with van der Waals surface area (Å²) in [6, 6.07) is 5.30. The first-order valence-corrected chi connectivity index (χ1v) is 5.63. The van der Waals surface area contributed by atoms with Crippen molar-refractivity contribution in [3.8, 4) is 0 Å². The molecule has 3 heteroatoms. The second kappa shape index (κ2) is 4.47. The summed E-state index contributed by atoms with van der Waals surface area (Å²) in [5.74, 6) is 0.0977. The van der Waals surface area contributed by atoms with Crippen LogP contribution in [0.1, 0.15) is 39.6 Å². The van der Waals surface area contributed by atoms with Crippen LogP contribution in [0, 0.1) is 0 Å². The van der Waals surface area contributed by atoms with E-state index in [0.29, 0.717) is 5.56 Å². The summed E-state index contributed by atoms with van der Waals surface area (Å²) < 4.78 is 0. The monoisotopic (exact) mass is 217 g/mol. The quantitative estimate of drug-likeness (QED) is 0.725. The molecular weight excluding hydrogens is 202 g/mol. The van der Waals surface area contributed by atoms with Crippen LogP contribution in [-0.2, 0) is 6.42 Å². The fraction of sp³-hybridized carbons (Fsp3) is 0.385. The van der Waals surface area contributed by atoms with Crippen molar-refractivity contribution < 1.29 is 9.59 Å². The SMILES string of the molecule is CCCN1CCc2cc(C=O)ccc2C1=O. The van der Waals surface area contributed by atoms with Gasteiger partial charge in [0.15, 0.2) is 0 Å². The van der Waals surface area contributed by atoms with Gasteiger partial charge < -0.3 is 4.90 Å². The Morgan fingerprint density at radius 1 is 1.44 bits per heavy atom. The molecule has 84 valence electrons. The van der Waals surface area contributed by atoms with Crippen LogP contribution in [0.15, 0.2) is 18.2 Å². The highest BCUT2D eigenvalue weighted by atomic mass is 16.2. The van der Waals surface area contributed by atoms with E-state index in [1.54, 1.807) is 12.1 Å². The number of hydrogen-bond acceptors (Lipinski definition) is 2. The number of carbonyl (C=O) groups excluding carboxylic acids is 2. The molecular formula is C13H15NO2. The molecule has 0 aromatic heterocycles. The van der Waals surface area contributed by atoms with E-state index in [9.17, 15) is 9.59 Å². The van der Waals surface area contributed by atoms with Crippen molar-refractivity contribution >= 4 is 12.2 Å². The van der Waals surface area contributed by atoms with Crippen molar-refractivity contribution in [1.29, 1.82) is 0 Å². The maximum absolute atomic E-state index is 12.0. The van der Waals surface area contributed by atoms with Crippen LogP contribution in [0.4, 0.5) is 0 Å². The summed E-state index contributed by atoms with van der Waals surface area (Å²) in [6.07, 6.45) is 2.65. The average Bonchev–Trinajstić information content (AvgIpc) is 2.32. The zero-order valence-corrected chi connectivity index (χ0v) is 9.40. The number of benzene rings is 1. The number of nitrogens with zero attached hydrogens (tertiary/aromatic N) is 1. The zero-order valence-electron chi connectivity index (χ0n) is 9.40. The summed E-state index contributed by atoms with van der Waals surface area (Å²) in [5.41, 5.74) is 2.41. The van der Waals surface area contributed by atoms with Crippen LogP contribution in [0.25, 0.3) is 0 Å². The van der Waals surface area contributed by atoms with Crippen LogP contribution < -0.4 is 0 Å². The summed E-state index contributed by atoms with van der Waals surface area (Å²) in [4.78, 5) is 24.6. The van der Waals surface area contributed by atoms with Crippen LogP contribution in [0.5, 0.6) is 0 Å². The molecule has 0 saturated heterocycles. The van der Waals surface area contributed by atoms with E-state index in [2.05, 4.69) is 6.92 Å². The molecule has 0 saturated carbocycles. The predicted molar refractivity (Wildman–Crippen MR) is 61.7 cm³/mol. The van der Waals surface area contributed by atoms with Gasteiger partial charge in [0.05, 0.1) is 0 Å². The van der Waals surface area contributed by atoms with Gasteiger partial charge in [-0.2, -0.15) is 0 Å². The second-order valence-electron chi connectivity index (χ2n) is 4.08. The zero-order chi connectivity index (χ0) is 11.5. The average molecular weight is 217 g/mol. The second-order valence-corrected chi connectivity index (χ2v) is 4.08. The van der Waals surface area contributed by atoms with Gasteiger partial charge in [0, 0.05) is 24.2 Å². The Morgan fingerprint density at radius 2 is 2.25 bits per heavy atom. The molecule has 1 aromatic rings. The third-order valence-electron chi connectivity index (χ3n) is 2.93. The molecule has 0 radical (unpaired) electrons. The fourth-order valence-electron chi connectivity index (χ4n) is 2.11. The molecule has 0 atom stereocenters. The Balaban J connectivity index is 2.31. The minimum absolute atomic E-state index is 0.0977. The molecule has 16 heavy (non-hydrogen) atoms. The van der Waals surface area contributed by atoms with E-state index >= 15 is 0 Å². The molecule has 2 rings (SSSR count). The van der Waals surface area contributed by atoms with Crippen molar-refractivity contribution in [2.45, 2.75) is 19.8 Å². The van der Waals surface area contributed by atoms with E-state index in [1.807, 2.05) is 11.0 Å². The molecule has 3 nitrogen and oxygen atoms in total. The van der Waals surface area contributed by atoms with Gasteiger partial charge in [0.2, 0.25) is 0 Å². The number of amides is 1. The van der Waals surface area contributed by atoms with E-state index in [1.165, 1.54) is 0 Å². The van der Waals surface area contributed by atoms with E-state index in [0.717, 1.165) is 43.3 Å². The van der Waals surface area contributed by atoms with Crippen LogP contribution in [-0.4, -0.2) is 30.2 Å². The maximum atomic E-state index is 12.0. The standard InChI is InChI=1S/C13H15NO2/c1-2-6-14-7-5-11-8-10(9-15)3-4-12(11)13(14)16/h3-4,8-9H,2,5-7H2,1H3. The molecule has 1 aliphatic heterocycles. The van der Waals surface area contributed by atoms with Gasteiger partial charge in [-0.05, 0) is 30.5 Å². The Hall–Kier alpha value is -1.64. The van der Waals surface area contributed by atoms with E-state index in [4.69, 9.17) is 0 Å². The van der Waals surface area contributed by atoms with Gasteiger partial charge in [-0.25, -0.2) is 0 Å². The smallest absolute Gasteiger partial charge is 0.254 e. The number of carbonyl (C=O) groups is 2. The Kier molecular flexibility index (Phi) is 3.04. The Bertz CT molecular complexity index is 426. The van der Waals surface area contributed by atoms with Gasteiger partial charge in [-0.1, -0.05) is 13.0 Å². The van der Waals surface area contributed by atoms with Gasteiger partial charge in [-0.15, -0.1) is 0 Å². The predicted octanol–water partition coefficient (Wildman–Crippen LogP) is 1.91. The van der Waals surface area contributed by atoms with Crippen molar-refractivity contribution in [3.63, 3.8) is 0 Å². The van der Waals surface area contributed by atoms with E-state index in [-0.39, 0.29) is 5.91 Å². The summed E-state index contributed by atoms with van der Waals surface area (Å²) in [5, 5.41) is 0. The van der Waals surface area contributed by atoms with Crippen LogP contribution in [0.3, 0.4) is 0 Å². The number of fused-ring (bicyclic) bond motifs is 1. The molecule has 0 bridgehead atoms. The lowest BCUT2D eigenvalue weighted by atomic mass is 9.97. The highest BCUT2D eigenvalue weighted by Crippen LogP contribution is 2.20. The van der Waals surface area contributed by atoms with Crippen molar-refractivity contribution in [2.75, 3.05) is 13.1 Å². The van der Waals surface area contributed by atoms with Gasteiger partial charge in [0.25, 0.3) is 5.91 Å². The molecule has 0 fully saturated rings. The summed E-state index contributed by atoms with van der Waals surface area (Å²) >= 11 is 0. The van der Waals surface area contributed by atoms with Crippen molar-refractivity contribution in [2.24, 2.45) is 0 Å². The first-order valence-electron chi connectivity index (χ1n) is 5.63. The third-order valence-corrected chi connectivity index (χ3v) is 2.93. The lowest BCUT2D eigenvalue weighted by molar-refractivity contribution is 0.0739. The van der Waals surface area contributed by atoms with Crippen molar-refractivity contribution in [1.82, 2.24) is 4.90 Å². The fourth-order valence-corrected chi connectivity index (χ4v) is 2.11. The molecule has 1 heterocycles. The molecule has 0 unspecified atom stereocenters. The first kappa shape index (κ1) is 10.9. The topological polar surface area (TPSA) is 37.4 Å². The highest BCUT2D eigenvalue weighted by molar-refractivity contribution is 5.97. The molecule has 0 aliphatic carbocycles. The summed E-state index contributed by atoms with van der Waals surface area (Å²) in [7, 11) is 0. The Labute approximate surface area is 95.1 Å². The van der Waals surface area contributed by atoms with Gasteiger partial charge >= 0.3 is 0 Å². The molecule has 0 spiro atoms. The molecule has 1 amide bonds. The lowest BCUT2D eigenvalue weighted by Gasteiger charge is -2.28. The number of aldehydes is 1. The highest BCUT2D eigenvalue weighted by Gasteiger charge is 2.23. The summed E-state index contributed by atoms with van der Waals surface area (Å²) in [6.45, 7) is 3.65. The first-order chi connectivity index (χ1) is 7.76. The van der Waals surface area contributed by atoms with E-state index < -0.39 is 0 Å². The lowest BCUT2D eigenvalue weighted by Crippen LogP contribution is -2.38. The number of hydrogen-bond donors (Lipinski definition) is 0. The normalized spacial score (nSPS) is 14.8.